The molecule has 1 aliphatic carbocycles. The molecular weight excluding hydrogens is 240 g/mol. The second kappa shape index (κ2) is 4.47. The van der Waals surface area contributed by atoms with Crippen LogP contribution in [0.15, 0.2) is 11.2 Å². The Morgan fingerprint density at radius 3 is 2.94 bits per heavy atom. The van der Waals surface area contributed by atoms with E-state index in [4.69, 9.17) is 5.26 Å². The highest BCUT2D eigenvalue weighted by Crippen LogP contribution is 2.26. The number of hydrogen-bond acceptors (Lipinski definition) is 4. The van der Waals surface area contributed by atoms with Gasteiger partial charge in [-0.2, -0.15) is 5.26 Å². The van der Waals surface area contributed by atoms with Gasteiger partial charge in [0.25, 0.3) is 10.0 Å². The first-order chi connectivity index (χ1) is 8.03. The number of aromatic nitrogens is 2. The molecule has 0 saturated heterocycles. The molecule has 6 nitrogen and oxygen atoms in total. The summed E-state index contributed by atoms with van der Waals surface area (Å²) in [5, 5.41) is 8.96. The van der Waals surface area contributed by atoms with E-state index in [2.05, 4.69) is 20.8 Å². The van der Waals surface area contributed by atoms with Crippen LogP contribution in [0.1, 0.15) is 25.1 Å². The predicted molar refractivity (Wildman–Crippen MR) is 60.4 cm³/mol. The third kappa shape index (κ3) is 2.48. The smallest absolute Gasteiger partial charge is 0.257 e. The zero-order valence-electron chi connectivity index (χ0n) is 9.47. The van der Waals surface area contributed by atoms with Crippen LogP contribution in [0.4, 0.5) is 0 Å². The number of nitrogens with zero attached hydrogens (tertiary/aromatic N) is 2. The summed E-state index contributed by atoms with van der Waals surface area (Å²) < 4.78 is 26.5. The third-order valence-corrected chi connectivity index (χ3v) is 4.36. The van der Waals surface area contributed by atoms with Crippen LogP contribution >= 0.6 is 0 Å². The lowest BCUT2D eigenvalue weighted by atomic mass is 10.1. The van der Waals surface area contributed by atoms with Gasteiger partial charge in [0.15, 0.2) is 5.03 Å². The van der Waals surface area contributed by atoms with Crippen molar-refractivity contribution in [3.63, 3.8) is 0 Å². The SMILES string of the molecule is Cc1ncc(S(=O)(=O)NC2CCCC2C#N)[nH]1. The Hall–Kier alpha value is -1.39. The van der Waals surface area contributed by atoms with Gasteiger partial charge in [-0.15, -0.1) is 0 Å². The van der Waals surface area contributed by atoms with Gasteiger partial charge in [0, 0.05) is 6.04 Å². The van der Waals surface area contributed by atoms with Gasteiger partial charge >= 0.3 is 0 Å². The molecule has 2 unspecified atom stereocenters. The summed E-state index contributed by atoms with van der Waals surface area (Å²) in [6.07, 6.45) is 3.64. The summed E-state index contributed by atoms with van der Waals surface area (Å²) in [6, 6.07) is 1.86. The van der Waals surface area contributed by atoms with E-state index in [1.165, 1.54) is 6.20 Å². The van der Waals surface area contributed by atoms with Crippen molar-refractivity contribution in [2.45, 2.75) is 37.3 Å². The monoisotopic (exact) mass is 254 g/mol. The normalized spacial score (nSPS) is 24.7. The number of nitrogens with one attached hydrogen (secondary N) is 2. The second-order valence-electron chi connectivity index (χ2n) is 4.23. The van der Waals surface area contributed by atoms with Crippen molar-refractivity contribution < 1.29 is 8.42 Å². The lowest BCUT2D eigenvalue weighted by Crippen LogP contribution is -2.37. The summed E-state index contributed by atoms with van der Waals surface area (Å²) in [5.74, 6) is 0.322. The molecule has 1 saturated carbocycles. The topological polar surface area (TPSA) is 98.6 Å². The third-order valence-electron chi connectivity index (χ3n) is 2.96. The number of imidazole rings is 1. The van der Waals surface area contributed by atoms with Crippen molar-refractivity contribution in [2.75, 3.05) is 0 Å². The summed E-state index contributed by atoms with van der Waals surface area (Å²) in [4.78, 5) is 6.54. The van der Waals surface area contributed by atoms with Crippen molar-refractivity contribution in [3.8, 4) is 6.07 Å². The van der Waals surface area contributed by atoms with Gasteiger partial charge in [0.05, 0.1) is 18.2 Å². The van der Waals surface area contributed by atoms with Crippen LogP contribution in [-0.2, 0) is 10.0 Å². The Morgan fingerprint density at radius 1 is 1.59 bits per heavy atom. The molecule has 2 rings (SSSR count). The highest BCUT2D eigenvalue weighted by molar-refractivity contribution is 7.89. The number of nitriles is 1. The molecule has 7 heteroatoms. The number of aryl methyl sites for hydroxylation is 1. The van der Waals surface area contributed by atoms with E-state index in [0.717, 1.165) is 12.8 Å². The van der Waals surface area contributed by atoms with Gasteiger partial charge in [0.1, 0.15) is 5.82 Å². The van der Waals surface area contributed by atoms with E-state index < -0.39 is 10.0 Å². The number of H-pyrrole nitrogens is 1. The molecule has 0 aliphatic heterocycles. The number of rotatable bonds is 3. The van der Waals surface area contributed by atoms with Gasteiger partial charge in [-0.25, -0.2) is 18.1 Å². The van der Waals surface area contributed by atoms with Crippen molar-refractivity contribution >= 4 is 10.0 Å². The molecule has 0 bridgehead atoms. The molecule has 92 valence electrons. The first kappa shape index (κ1) is 12.1. The van der Waals surface area contributed by atoms with Crippen LogP contribution in [0.2, 0.25) is 0 Å². The first-order valence-corrected chi connectivity index (χ1v) is 6.95. The highest BCUT2D eigenvalue weighted by atomic mass is 32.2. The molecular formula is C10H14N4O2S. The molecule has 0 amide bonds. The van der Waals surface area contributed by atoms with Gasteiger partial charge in [-0.05, 0) is 19.8 Å². The van der Waals surface area contributed by atoms with Gasteiger partial charge in [-0.1, -0.05) is 6.42 Å². The fraction of sp³-hybridized carbons (Fsp3) is 0.600. The Kier molecular flexibility index (Phi) is 3.17. The van der Waals surface area contributed by atoms with Gasteiger partial charge in [0.2, 0.25) is 0 Å². The number of sulfonamides is 1. The lowest BCUT2D eigenvalue weighted by molar-refractivity contribution is 0.513. The molecule has 1 heterocycles. The first-order valence-electron chi connectivity index (χ1n) is 5.46. The molecule has 17 heavy (non-hydrogen) atoms. The van der Waals surface area contributed by atoms with Crippen LogP contribution in [-0.4, -0.2) is 24.4 Å². The Labute approximate surface area is 100 Å². The molecule has 0 aromatic carbocycles. The van der Waals surface area contributed by atoms with Crippen LogP contribution in [0.3, 0.4) is 0 Å². The summed E-state index contributed by atoms with van der Waals surface area (Å²) >= 11 is 0. The zero-order chi connectivity index (χ0) is 12.5. The average Bonchev–Trinajstić information content (AvgIpc) is 2.86. The van der Waals surface area contributed by atoms with Crippen molar-refractivity contribution in [1.82, 2.24) is 14.7 Å². The van der Waals surface area contributed by atoms with E-state index in [0.29, 0.717) is 12.2 Å². The summed E-state index contributed by atoms with van der Waals surface area (Å²) in [7, 11) is -3.59. The standard InChI is InChI=1S/C10H14N4O2S/c1-7-12-6-10(13-7)17(15,16)14-9-4-2-3-8(9)5-11/h6,8-9,14H,2-4H2,1H3,(H,12,13). The fourth-order valence-corrected chi connectivity index (χ4v) is 3.33. The van der Waals surface area contributed by atoms with E-state index in [-0.39, 0.29) is 17.0 Å². The van der Waals surface area contributed by atoms with E-state index in [1.54, 1.807) is 6.92 Å². The molecule has 1 aromatic heterocycles. The molecule has 2 atom stereocenters. The Morgan fingerprint density at radius 2 is 2.35 bits per heavy atom. The highest BCUT2D eigenvalue weighted by Gasteiger charge is 2.31. The minimum absolute atomic E-state index is 0.0542. The van der Waals surface area contributed by atoms with Crippen LogP contribution in [0, 0.1) is 24.2 Å². The Balaban J connectivity index is 2.16. The lowest BCUT2D eigenvalue weighted by Gasteiger charge is -2.14. The molecule has 0 radical (unpaired) electrons. The van der Waals surface area contributed by atoms with Gasteiger partial charge in [-0.3, -0.25) is 0 Å². The number of aromatic amines is 1. The largest absolute Gasteiger partial charge is 0.332 e. The van der Waals surface area contributed by atoms with Crippen LogP contribution in [0.25, 0.3) is 0 Å². The van der Waals surface area contributed by atoms with E-state index in [1.807, 2.05) is 0 Å². The second-order valence-corrected chi connectivity index (χ2v) is 5.91. The van der Waals surface area contributed by atoms with Gasteiger partial charge < -0.3 is 4.98 Å². The minimum Gasteiger partial charge on any atom is -0.332 e. The summed E-state index contributed by atoms with van der Waals surface area (Å²) in [6.45, 7) is 1.69. The van der Waals surface area contributed by atoms with Crippen molar-refractivity contribution in [1.29, 1.82) is 5.26 Å². The maximum absolute atomic E-state index is 12.0. The van der Waals surface area contributed by atoms with E-state index >= 15 is 0 Å². The van der Waals surface area contributed by atoms with Crippen LogP contribution < -0.4 is 4.72 Å². The maximum atomic E-state index is 12.0. The molecule has 1 aromatic rings. The minimum atomic E-state index is -3.59. The maximum Gasteiger partial charge on any atom is 0.257 e. The summed E-state index contributed by atoms with van der Waals surface area (Å²) in [5.41, 5.74) is 0. The zero-order valence-corrected chi connectivity index (χ0v) is 10.3. The number of hydrogen-bond donors (Lipinski definition) is 2. The molecule has 2 N–H and O–H groups in total. The van der Waals surface area contributed by atoms with Crippen LogP contribution in [0.5, 0.6) is 0 Å². The average molecular weight is 254 g/mol. The Bertz CT molecular complexity index is 543. The predicted octanol–water partition coefficient (Wildman–Crippen LogP) is 0.689. The molecule has 1 fully saturated rings. The van der Waals surface area contributed by atoms with Crippen molar-refractivity contribution in [2.24, 2.45) is 5.92 Å². The van der Waals surface area contributed by atoms with E-state index in [9.17, 15) is 8.42 Å². The van der Waals surface area contributed by atoms with Crippen molar-refractivity contribution in [3.05, 3.63) is 12.0 Å². The fourth-order valence-electron chi connectivity index (χ4n) is 2.05. The quantitative estimate of drug-likeness (QED) is 0.829. The molecule has 1 aliphatic rings. The molecule has 0 spiro atoms.